The van der Waals surface area contributed by atoms with E-state index in [-0.39, 0.29) is 30.1 Å². The van der Waals surface area contributed by atoms with E-state index in [0.717, 1.165) is 49.7 Å². The van der Waals surface area contributed by atoms with Gasteiger partial charge < -0.3 is 10.2 Å². The highest BCUT2D eigenvalue weighted by Gasteiger charge is 2.75. The van der Waals surface area contributed by atoms with Crippen LogP contribution in [-0.4, -0.2) is 34.3 Å². The Labute approximate surface area is 196 Å². The molecule has 34 heavy (non-hydrogen) atoms. The molecule has 4 atom stereocenters. The molecule has 0 aromatic heterocycles. The minimum Gasteiger partial charge on any atom is -0.388 e. The average Bonchev–Trinajstić information content (AvgIpc) is 3.39. The summed E-state index contributed by atoms with van der Waals surface area (Å²) in [6.45, 7) is 6.02. The molecule has 8 heteroatoms. The van der Waals surface area contributed by atoms with Crippen LogP contribution in [0.5, 0.6) is 0 Å². The predicted octanol–water partition coefficient (Wildman–Crippen LogP) is 7.18. The smallest absolute Gasteiger partial charge is 0.388 e. The molecular weight excluding hydrogens is 458 g/mol. The topological polar surface area (TPSA) is 40.5 Å². The lowest BCUT2D eigenvalue weighted by molar-refractivity contribution is -0.375. The molecule has 0 unspecified atom stereocenters. The molecule has 0 saturated heterocycles. The van der Waals surface area contributed by atoms with Gasteiger partial charge in [-0.2, -0.15) is 26.3 Å². The summed E-state index contributed by atoms with van der Waals surface area (Å²) in [6.07, 6.45) is -2.58. The maximum Gasteiger partial charge on any atom is 0.426 e. The van der Waals surface area contributed by atoms with E-state index < -0.39 is 35.9 Å². The first kappa shape index (κ1) is 25.8. The highest BCUT2D eigenvalue weighted by molar-refractivity contribution is 5.38. The van der Waals surface area contributed by atoms with Crippen molar-refractivity contribution >= 4 is 0 Å². The van der Waals surface area contributed by atoms with Crippen molar-refractivity contribution in [1.29, 1.82) is 0 Å². The molecule has 0 spiro atoms. The van der Waals surface area contributed by atoms with Gasteiger partial charge in [0.05, 0.1) is 6.10 Å². The fourth-order valence-corrected chi connectivity index (χ4v) is 7.36. The van der Waals surface area contributed by atoms with Gasteiger partial charge in [0.1, 0.15) is 0 Å². The summed E-state index contributed by atoms with van der Waals surface area (Å²) in [4.78, 5) is 0. The number of rotatable bonds is 4. The third-order valence-electron chi connectivity index (χ3n) is 9.38. The normalized spacial score (nSPS) is 36.7. The van der Waals surface area contributed by atoms with E-state index in [4.69, 9.17) is 0 Å². The number of hydrogen-bond donors (Lipinski definition) is 2. The van der Waals surface area contributed by atoms with Crippen molar-refractivity contribution in [3.8, 4) is 0 Å². The maximum absolute atomic E-state index is 13.5. The molecule has 0 radical (unpaired) electrons. The largest absolute Gasteiger partial charge is 0.426 e. The molecule has 0 aromatic rings. The van der Waals surface area contributed by atoms with Crippen LogP contribution in [0.15, 0.2) is 35.5 Å². The Bertz CT molecular complexity index is 865. The molecule has 4 fully saturated rings. The van der Waals surface area contributed by atoms with Gasteiger partial charge in [-0.25, -0.2) is 0 Å². The zero-order valence-corrected chi connectivity index (χ0v) is 19.5. The van der Waals surface area contributed by atoms with E-state index in [2.05, 4.69) is 12.7 Å². The molecule has 192 valence electrons. The van der Waals surface area contributed by atoms with E-state index in [1.54, 1.807) is 0 Å². The Balaban J connectivity index is 1.59. The van der Waals surface area contributed by atoms with Crippen LogP contribution in [0.1, 0.15) is 77.6 Å². The van der Waals surface area contributed by atoms with Crippen LogP contribution < -0.4 is 0 Å². The fraction of sp³-hybridized carbons (Fsp3) is 0.769. The van der Waals surface area contributed by atoms with Crippen LogP contribution in [0.3, 0.4) is 0 Å². The van der Waals surface area contributed by atoms with Crippen LogP contribution in [0.25, 0.3) is 0 Å². The lowest BCUT2D eigenvalue weighted by Crippen LogP contribution is -2.59. The SMILES string of the molecule is C=C1/C(=C\C=C2/CCC[C@]3(C)[C@@H](C4(CC(O)(C(F)(F)F)C(F)(F)F)CC4)CC[C@@H]23)CCC[C@@H]1O. The van der Waals surface area contributed by atoms with Gasteiger partial charge in [0, 0.05) is 6.42 Å². The number of allylic oxidation sites excluding steroid dienone is 3. The molecule has 0 amide bonds. The van der Waals surface area contributed by atoms with Crippen LogP contribution >= 0.6 is 0 Å². The molecule has 4 aliphatic rings. The van der Waals surface area contributed by atoms with Gasteiger partial charge in [0.25, 0.3) is 5.60 Å². The average molecular weight is 493 g/mol. The van der Waals surface area contributed by atoms with E-state index in [1.807, 2.05) is 13.0 Å². The molecule has 4 saturated carbocycles. The highest BCUT2D eigenvalue weighted by atomic mass is 19.4. The lowest BCUT2D eigenvalue weighted by Gasteiger charge is -2.47. The number of aliphatic hydroxyl groups is 2. The van der Waals surface area contributed by atoms with E-state index >= 15 is 0 Å². The minimum atomic E-state index is -5.77. The van der Waals surface area contributed by atoms with E-state index in [0.29, 0.717) is 12.8 Å². The summed E-state index contributed by atoms with van der Waals surface area (Å²) in [7, 11) is 0. The Morgan fingerprint density at radius 1 is 0.941 bits per heavy atom. The van der Waals surface area contributed by atoms with Crippen molar-refractivity contribution in [2.24, 2.45) is 22.7 Å². The molecule has 4 aliphatic carbocycles. The Kier molecular flexibility index (Phi) is 6.37. The summed E-state index contributed by atoms with van der Waals surface area (Å²) in [5.41, 5.74) is -3.28. The molecular formula is C26H34F6O2. The summed E-state index contributed by atoms with van der Waals surface area (Å²) in [6, 6.07) is 0. The van der Waals surface area contributed by atoms with Gasteiger partial charge >= 0.3 is 12.4 Å². The Morgan fingerprint density at radius 3 is 2.18 bits per heavy atom. The number of hydrogen-bond acceptors (Lipinski definition) is 2. The second kappa shape index (κ2) is 8.39. The van der Waals surface area contributed by atoms with Gasteiger partial charge in [-0.3, -0.25) is 0 Å². The zero-order valence-electron chi connectivity index (χ0n) is 19.5. The molecule has 2 N–H and O–H groups in total. The predicted molar refractivity (Wildman–Crippen MR) is 117 cm³/mol. The molecule has 2 nitrogen and oxygen atoms in total. The van der Waals surface area contributed by atoms with Gasteiger partial charge in [-0.1, -0.05) is 31.2 Å². The third-order valence-corrected chi connectivity index (χ3v) is 9.38. The van der Waals surface area contributed by atoms with Crippen molar-refractivity contribution in [2.75, 3.05) is 0 Å². The van der Waals surface area contributed by atoms with Crippen LogP contribution in [0.2, 0.25) is 0 Å². The quantitative estimate of drug-likeness (QED) is 0.408. The van der Waals surface area contributed by atoms with Crippen LogP contribution in [0.4, 0.5) is 26.3 Å². The van der Waals surface area contributed by atoms with Crippen molar-refractivity contribution in [3.63, 3.8) is 0 Å². The van der Waals surface area contributed by atoms with Crippen molar-refractivity contribution in [1.82, 2.24) is 0 Å². The molecule has 0 bridgehead atoms. The summed E-state index contributed by atoms with van der Waals surface area (Å²) >= 11 is 0. The van der Waals surface area contributed by atoms with E-state index in [9.17, 15) is 36.6 Å². The summed E-state index contributed by atoms with van der Waals surface area (Å²) < 4.78 is 80.8. The third kappa shape index (κ3) is 4.16. The zero-order chi connectivity index (χ0) is 25.2. The number of halogens is 6. The van der Waals surface area contributed by atoms with Gasteiger partial charge in [-0.15, -0.1) is 0 Å². The molecule has 0 aromatic carbocycles. The second-order valence-electron chi connectivity index (χ2n) is 11.3. The monoisotopic (exact) mass is 492 g/mol. The summed E-state index contributed by atoms with van der Waals surface area (Å²) in [5, 5.41) is 20.0. The molecule has 4 rings (SSSR count). The van der Waals surface area contributed by atoms with Crippen LogP contribution in [-0.2, 0) is 0 Å². The Hall–Kier alpha value is -1.28. The Morgan fingerprint density at radius 2 is 1.59 bits per heavy atom. The standard InChI is InChI=1S/C26H34F6O2/c1-16-17(5-3-7-20(16)33)8-9-18-6-4-12-22(2)19(18)10-11-21(22)23(13-14-23)15-24(34,25(27,28)29)26(30,31)32/h8-9,19-21,33-34H,1,3-7,10-15H2,2H3/b17-8-,18-9+/t19-,20-,21-,22-/m0/s1. The number of aliphatic hydroxyl groups excluding tert-OH is 1. The van der Waals surface area contributed by atoms with Crippen LogP contribution in [0, 0.1) is 22.7 Å². The van der Waals surface area contributed by atoms with Gasteiger partial charge in [0.15, 0.2) is 0 Å². The molecule has 0 heterocycles. The maximum atomic E-state index is 13.5. The second-order valence-corrected chi connectivity index (χ2v) is 11.3. The highest BCUT2D eigenvalue weighted by Crippen LogP contribution is 2.71. The lowest BCUT2D eigenvalue weighted by atomic mass is 9.59. The van der Waals surface area contributed by atoms with E-state index in [1.165, 1.54) is 5.57 Å². The first-order valence-corrected chi connectivity index (χ1v) is 12.3. The first-order valence-electron chi connectivity index (χ1n) is 12.3. The minimum absolute atomic E-state index is 0.104. The van der Waals surface area contributed by atoms with Crippen molar-refractivity contribution in [3.05, 3.63) is 35.5 Å². The van der Waals surface area contributed by atoms with Gasteiger partial charge in [-0.05, 0) is 98.0 Å². The van der Waals surface area contributed by atoms with Gasteiger partial charge in [0.2, 0.25) is 0 Å². The first-order chi connectivity index (χ1) is 15.6. The number of alkyl halides is 6. The fourth-order valence-electron chi connectivity index (χ4n) is 7.36. The molecule has 0 aliphatic heterocycles. The van der Waals surface area contributed by atoms with Crippen molar-refractivity contribution in [2.45, 2.75) is 102 Å². The van der Waals surface area contributed by atoms with Crippen molar-refractivity contribution < 1.29 is 36.6 Å². The number of fused-ring (bicyclic) bond motifs is 1. The summed E-state index contributed by atoms with van der Waals surface area (Å²) in [5.74, 6) is -0.184.